The van der Waals surface area contributed by atoms with Crippen molar-refractivity contribution >= 4 is 22.5 Å². The van der Waals surface area contributed by atoms with Gasteiger partial charge in [0.2, 0.25) is 0 Å². The standard InChI is InChI=1S/C11H6ClF3N4/c12-8-2-7(1-6-3-17-18-10(6)8)19-4-9(16-5-19)11(13,14)15/h1-5H,(H,17,18). The molecule has 0 spiro atoms. The van der Waals surface area contributed by atoms with Crippen LogP contribution in [0.2, 0.25) is 5.02 Å². The Morgan fingerprint density at radius 3 is 2.74 bits per heavy atom. The van der Waals surface area contributed by atoms with Crippen LogP contribution in [0, 0.1) is 0 Å². The first-order valence-corrected chi connectivity index (χ1v) is 5.57. The SMILES string of the molecule is FC(F)(F)c1cn(-c2cc(Cl)c3[nH]ncc3c2)cn1. The van der Waals surface area contributed by atoms with Gasteiger partial charge in [-0.05, 0) is 12.1 Å². The summed E-state index contributed by atoms with van der Waals surface area (Å²) in [4.78, 5) is 3.33. The molecule has 1 aromatic carbocycles. The highest BCUT2D eigenvalue weighted by molar-refractivity contribution is 6.35. The topological polar surface area (TPSA) is 46.5 Å². The van der Waals surface area contributed by atoms with Crippen molar-refractivity contribution in [1.29, 1.82) is 0 Å². The van der Waals surface area contributed by atoms with Gasteiger partial charge in [-0.2, -0.15) is 18.3 Å². The van der Waals surface area contributed by atoms with Crippen molar-refractivity contribution in [2.24, 2.45) is 0 Å². The fourth-order valence-electron chi connectivity index (χ4n) is 1.76. The molecule has 0 saturated carbocycles. The molecule has 0 saturated heterocycles. The molecule has 8 heteroatoms. The number of aromatic nitrogens is 4. The molecule has 0 fully saturated rings. The second-order valence-electron chi connectivity index (χ2n) is 3.93. The van der Waals surface area contributed by atoms with Gasteiger partial charge in [0.15, 0.2) is 5.69 Å². The minimum Gasteiger partial charge on any atom is -0.306 e. The number of alkyl halides is 3. The molecule has 2 aromatic heterocycles. The number of nitrogens with one attached hydrogen (secondary N) is 1. The third kappa shape index (κ3) is 2.06. The Morgan fingerprint density at radius 2 is 2.05 bits per heavy atom. The number of aromatic amines is 1. The number of nitrogens with zero attached hydrogens (tertiary/aromatic N) is 3. The van der Waals surface area contributed by atoms with Gasteiger partial charge < -0.3 is 4.57 Å². The number of rotatable bonds is 1. The summed E-state index contributed by atoms with van der Waals surface area (Å²) < 4.78 is 38.7. The quantitative estimate of drug-likeness (QED) is 0.745. The number of benzene rings is 1. The highest BCUT2D eigenvalue weighted by Gasteiger charge is 2.33. The Hall–Kier alpha value is -2.02. The molecule has 0 aliphatic rings. The van der Waals surface area contributed by atoms with Crippen molar-refractivity contribution in [3.8, 4) is 5.69 Å². The molecule has 98 valence electrons. The first kappa shape index (κ1) is 12.0. The predicted octanol–water partition coefficient (Wildman–Crippen LogP) is 3.42. The lowest BCUT2D eigenvalue weighted by Gasteiger charge is -2.04. The first-order valence-electron chi connectivity index (χ1n) is 5.19. The molecule has 0 amide bonds. The number of hydrogen-bond acceptors (Lipinski definition) is 2. The van der Waals surface area contributed by atoms with Gasteiger partial charge in [-0.1, -0.05) is 11.6 Å². The molecule has 2 heterocycles. The minimum atomic E-state index is -4.46. The van der Waals surface area contributed by atoms with E-state index in [0.29, 0.717) is 21.6 Å². The molecule has 1 N–H and O–H groups in total. The van der Waals surface area contributed by atoms with E-state index in [-0.39, 0.29) is 0 Å². The summed E-state index contributed by atoms with van der Waals surface area (Å²) >= 11 is 6.02. The number of imidazole rings is 1. The van der Waals surface area contributed by atoms with Crippen LogP contribution in [-0.2, 0) is 6.18 Å². The van der Waals surface area contributed by atoms with E-state index in [0.717, 1.165) is 12.5 Å². The lowest BCUT2D eigenvalue weighted by atomic mass is 10.2. The average Bonchev–Trinajstić information content (AvgIpc) is 2.96. The van der Waals surface area contributed by atoms with Crippen LogP contribution in [0.3, 0.4) is 0 Å². The Bertz CT molecular complexity index is 744. The highest BCUT2D eigenvalue weighted by atomic mass is 35.5. The summed E-state index contributed by atoms with van der Waals surface area (Å²) in [6.07, 6.45) is -0.904. The normalized spacial score (nSPS) is 12.2. The zero-order valence-electron chi connectivity index (χ0n) is 9.24. The number of H-pyrrole nitrogens is 1. The summed E-state index contributed by atoms with van der Waals surface area (Å²) in [5.41, 5.74) is 0.180. The van der Waals surface area contributed by atoms with Crippen LogP contribution in [0.15, 0.2) is 30.9 Å². The molecule has 0 unspecified atom stereocenters. The molecule has 3 rings (SSSR count). The van der Waals surface area contributed by atoms with Gasteiger partial charge in [0.05, 0.1) is 23.1 Å². The van der Waals surface area contributed by atoms with Gasteiger partial charge in [-0.25, -0.2) is 4.98 Å². The van der Waals surface area contributed by atoms with Crippen LogP contribution in [0.1, 0.15) is 5.69 Å². The maximum Gasteiger partial charge on any atom is 0.434 e. The summed E-state index contributed by atoms with van der Waals surface area (Å²) in [5, 5.41) is 7.63. The van der Waals surface area contributed by atoms with Gasteiger partial charge in [0.25, 0.3) is 0 Å². The van der Waals surface area contributed by atoms with E-state index >= 15 is 0 Å². The lowest BCUT2D eigenvalue weighted by molar-refractivity contribution is -0.140. The number of halogens is 4. The molecule has 4 nitrogen and oxygen atoms in total. The van der Waals surface area contributed by atoms with Crippen molar-refractivity contribution in [2.75, 3.05) is 0 Å². The van der Waals surface area contributed by atoms with Crippen molar-refractivity contribution in [3.63, 3.8) is 0 Å². The molecule has 0 aliphatic heterocycles. The molecule has 0 atom stereocenters. The fraction of sp³-hybridized carbons (Fsp3) is 0.0909. The molecule has 0 bridgehead atoms. The minimum absolute atomic E-state index is 0.382. The Balaban J connectivity index is 2.11. The van der Waals surface area contributed by atoms with Crippen LogP contribution in [0.5, 0.6) is 0 Å². The maximum absolute atomic E-state index is 12.5. The fourth-order valence-corrected chi connectivity index (χ4v) is 2.02. The summed E-state index contributed by atoms with van der Waals surface area (Å²) in [6, 6.07) is 3.22. The Labute approximate surface area is 109 Å². The van der Waals surface area contributed by atoms with E-state index in [4.69, 9.17) is 11.6 Å². The van der Waals surface area contributed by atoms with Crippen molar-refractivity contribution in [1.82, 2.24) is 19.7 Å². The van der Waals surface area contributed by atoms with E-state index < -0.39 is 11.9 Å². The molecular weight excluding hydrogens is 281 g/mol. The zero-order chi connectivity index (χ0) is 13.6. The molecule has 0 radical (unpaired) electrons. The monoisotopic (exact) mass is 286 g/mol. The molecule has 3 aromatic rings. The lowest BCUT2D eigenvalue weighted by Crippen LogP contribution is -2.04. The molecule has 0 aliphatic carbocycles. The van der Waals surface area contributed by atoms with Crippen molar-refractivity contribution < 1.29 is 13.2 Å². The number of hydrogen-bond donors (Lipinski definition) is 1. The van der Waals surface area contributed by atoms with Crippen molar-refractivity contribution in [2.45, 2.75) is 6.18 Å². The Morgan fingerprint density at radius 1 is 1.26 bits per heavy atom. The largest absolute Gasteiger partial charge is 0.434 e. The van der Waals surface area contributed by atoms with Gasteiger partial charge in [0, 0.05) is 17.3 Å². The van der Waals surface area contributed by atoms with Gasteiger partial charge in [0.1, 0.15) is 0 Å². The summed E-state index contributed by atoms with van der Waals surface area (Å²) in [6.45, 7) is 0. The maximum atomic E-state index is 12.5. The van der Waals surface area contributed by atoms with Gasteiger partial charge in [-0.15, -0.1) is 0 Å². The van der Waals surface area contributed by atoms with E-state index in [1.165, 1.54) is 4.57 Å². The third-order valence-corrected chi connectivity index (χ3v) is 2.95. The highest BCUT2D eigenvalue weighted by Crippen LogP contribution is 2.29. The van der Waals surface area contributed by atoms with E-state index in [1.807, 2.05) is 0 Å². The average molecular weight is 287 g/mol. The van der Waals surface area contributed by atoms with E-state index in [9.17, 15) is 13.2 Å². The Kier molecular flexibility index (Phi) is 2.53. The van der Waals surface area contributed by atoms with Crippen LogP contribution in [-0.4, -0.2) is 19.7 Å². The van der Waals surface area contributed by atoms with Crippen LogP contribution in [0.4, 0.5) is 13.2 Å². The van der Waals surface area contributed by atoms with E-state index in [2.05, 4.69) is 15.2 Å². The van der Waals surface area contributed by atoms with Gasteiger partial charge in [-0.3, -0.25) is 5.10 Å². The summed E-state index contributed by atoms with van der Waals surface area (Å²) in [5.74, 6) is 0. The molecule has 19 heavy (non-hydrogen) atoms. The summed E-state index contributed by atoms with van der Waals surface area (Å²) in [7, 11) is 0. The molecular formula is C11H6ClF3N4. The van der Waals surface area contributed by atoms with E-state index in [1.54, 1.807) is 18.3 Å². The second-order valence-corrected chi connectivity index (χ2v) is 4.33. The number of fused-ring (bicyclic) bond motifs is 1. The predicted molar refractivity (Wildman–Crippen MR) is 63.2 cm³/mol. The van der Waals surface area contributed by atoms with Gasteiger partial charge >= 0.3 is 6.18 Å². The first-order chi connectivity index (χ1) is 8.95. The zero-order valence-corrected chi connectivity index (χ0v) is 10.00. The second kappa shape index (κ2) is 3.99. The van der Waals surface area contributed by atoms with Crippen LogP contribution in [0.25, 0.3) is 16.6 Å². The van der Waals surface area contributed by atoms with Crippen LogP contribution < -0.4 is 0 Å². The third-order valence-electron chi connectivity index (χ3n) is 2.66. The smallest absolute Gasteiger partial charge is 0.306 e. The van der Waals surface area contributed by atoms with Crippen molar-refractivity contribution in [3.05, 3.63) is 41.6 Å². The van der Waals surface area contributed by atoms with Crippen LogP contribution >= 0.6 is 11.6 Å².